The van der Waals surface area contributed by atoms with E-state index in [1.165, 1.54) is 17.0 Å². The Morgan fingerprint density at radius 1 is 1.65 bits per heavy atom. The van der Waals surface area contributed by atoms with Crippen LogP contribution in [0.4, 0.5) is 11.5 Å². The average molecular weight is 235 g/mol. The molecule has 0 saturated heterocycles. The highest BCUT2D eigenvalue weighted by molar-refractivity contribution is 5.73. The molecule has 0 aromatic carbocycles. The van der Waals surface area contributed by atoms with Crippen molar-refractivity contribution in [1.29, 1.82) is 0 Å². The van der Waals surface area contributed by atoms with Crippen LogP contribution in [0.15, 0.2) is 18.3 Å². The molecule has 0 aliphatic carbocycles. The Kier molecular flexibility index (Phi) is 4.00. The molecule has 0 spiro atoms. The summed E-state index contributed by atoms with van der Waals surface area (Å²) in [4.78, 5) is 25.5. The van der Waals surface area contributed by atoms with Crippen LogP contribution in [0, 0.1) is 22.5 Å². The van der Waals surface area contributed by atoms with E-state index >= 15 is 0 Å². The van der Waals surface area contributed by atoms with Gasteiger partial charge in [0.15, 0.2) is 0 Å². The number of nitro groups is 1. The van der Waals surface area contributed by atoms with Gasteiger partial charge in [-0.25, -0.2) is 4.98 Å². The SMILES string of the molecule is C#CCN(CC(=O)O)c1ccc([N+](=O)[O-])cn1. The third-order valence-corrected chi connectivity index (χ3v) is 1.88. The van der Waals surface area contributed by atoms with E-state index < -0.39 is 10.9 Å². The summed E-state index contributed by atoms with van der Waals surface area (Å²) in [6.07, 6.45) is 6.16. The van der Waals surface area contributed by atoms with E-state index in [9.17, 15) is 14.9 Å². The topological polar surface area (TPSA) is 96.6 Å². The highest BCUT2D eigenvalue weighted by Crippen LogP contribution is 2.15. The fraction of sp³-hybridized carbons (Fsp3) is 0.200. The Morgan fingerprint density at radius 2 is 2.35 bits per heavy atom. The molecule has 0 radical (unpaired) electrons. The third-order valence-electron chi connectivity index (χ3n) is 1.88. The highest BCUT2D eigenvalue weighted by atomic mass is 16.6. The van der Waals surface area contributed by atoms with Crippen LogP contribution in [0.2, 0.25) is 0 Å². The molecule has 1 heterocycles. The summed E-state index contributed by atoms with van der Waals surface area (Å²) in [5.74, 6) is 1.53. The molecule has 0 bridgehead atoms. The second kappa shape index (κ2) is 5.46. The molecule has 88 valence electrons. The van der Waals surface area contributed by atoms with Gasteiger partial charge in [-0.05, 0) is 6.07 Å². The molecule has 1 N–H and O–H groups in total. The summed E-state index contributed by atoms with van der Waals surface area (Å²) in [6, 6.07) is 2.60. The van der Waals surface area contributed by atoms with Crippen molar-refractivity contribution in [3.63, 3.8) is 0 Å². The molecule has 1 rings (SSSR count). The predicted molar refractivity (Wildman–Crippen MR) is 59.6 cm³/mol. The molecule has 1 aromatic rings. The number of terminal acetylenes is 1. The first-order valence-corrected chi connectivity index (χ1v) is 4.55. The molecule has 0 saturated carbocycles. The molecule has 1 aromatic heterocycles. The Hall–Kier alpha value is -2.62. The van der Waals surface area contributed by atoms with Gasteiger partial charge in [0.1, 0.15) is 18.6 Å². The zero-order valence-corrected chi connectivity index (χ0v) is 8.74. The van der Waals surface area contributed by atoms with Gasteiger partial charge in [-0.1, -0.05) is 5.92 Å². The minimum Gasteiger partial charge on any atom is -0.480 e. The van der Waals surface area contributed by atoms with Crippen LogP contribution >= 0.6 is 0 Å². The van der Waals surface area contributed by atoms with Crippen LogP contribution in [-0.4, -0.2) is 34.1 Å². The number of pyridine rings is 1. The Morgan fingerprint density at radius 3 is 2.76 bits per heavy atom. The lowest BCUT2D eigenvalue weighted by atomic mass is 10.3. The largest absolute Gasteiger partial charge is 0.480 e. The zero-order valence-electron chi connectivity index (χ0n) is 8.74. The van der Waals surface area contributed by atoms with Crippen LogP contribution in [0.1, 0.15) is 0 Å². The van der Waals surface area contributed by atoms with Crippen molar-refractivity contribution in [2.75, 3.05) is 18.0 Å². The van der Waals surface area contributed by atoms with Gasteiger partial charge in [0.05, 0.1) is 11.5 Å². The zero-order chi connectivity index (χ0) is 12.8. The van der Waals surface area contributed by atoms with Gasteiger partial charge in [-0.15, -0.1) is 6.42 Å². The van der Waals surface area contributed by atoms with E-state index in [0.717, 1.165) is 6.20 Å². The fourth-order valence-electron chi connectivity index (χ4n) is 1.16. The molecule has 0 aliphatic heterocycles. The van der Waals surface area contributed by atoms with Gasteiger partial charge in [0.2, 0.25) is 0 Å². The van der Waals surface area contributed by atoms with Crippen molar-refractivity contribution < 1.29 is 14.8 Å². The molecule has 17 heavy (non-hydrogen) atoms. The number of carboxylic acids is 1. The van der Waals surface area contributed by atoms with Crippen molar-refractivity contribution in [2.24, 2.45) is 0 Å². The summed E-state index contributed by atoms with van der Waals surface area (Å²) >= 11 is 0. The lowest BCUT2D eigenvalue weighted by Gasteiger charge is -2.18. The number of anilines is 1. The van der Waals surface area contributed by atoms with Crippen molar-refractivity contribution in [3.8, 4) is 12.3 Å². The minimum absolute atomic E-state index is 0.0666. The van der Waals surface area contributed by atoms with Gasteiger partial charge in [0.25, 0.3) is 5.69 Å². The monoisotopic (exact) mass is 235 g/mol. The van der Waals surface area contributed by atoms with E-state index in [2.05, 4.69) is 10.9 Å². The van der Waals surface area contributed by atoms with Crippen molar-refractivity contribution in [3.05, 3.63) is 28.4 Å². The molecule has 0 unspecified atom stereocenters. The maximum atomic E-state index is 10.6. The molecular weight excluding hydrogens is 226 g/mol. The van der Waals surface area contributed by atoms with Crippen molar-refractivity contribution in [1.82, 2.24) is 4.98 Å². The molecular formula is C10H9N3O4. The summed E-state index contributed by atoms with van der Waals surface area (Å²) in [7, 11) is 0. The summed E-state index contributed by atoms with van der Waals surface area (Å²) in [6.45, 7) is -0.244. The maximum absolute atomic E-state index is 10.6. The maximum Gasteiger partial charge on any atom is 0.323 e. The Labute approximate surface area is 96.8 Å². The number of hydrogen-bond donors (Lipinski definition) is 1. The van der Waals surface area contributed by atoms with Crippen LogP contribution in [0.5, 0.6) is 0 Å². The standard InChI is InChI=1S/C10H9N3O4/c1-2-5-12(7-10(14)15)9-4-3-8(6-11-9)13(16)17/h1,3-4,6H,5,7H2,(H,14,15). The smallest absolute Gasteiger partial charge is 0.323 e. The van der Waals surface area contributed by atoms with Crippen LogP contribution < -0.4 is 4.90 Å². The van der Waals surface area contributed by atoms with Gasteiger partial charge >= 0.3 is 5.97 Å². The van der Waals surface area contributed by atoms with Gasteiger partial charge in [-0.3, -0.25) is 14.9 Å². The van der Waals surface area contributed by atoms with Crippen molar-refractivity contribution >= 4 is 17.5 Å². The van der Waals surface area contributed by atoms with Gasteiger partial charge in [-0.2, -0.15) is 0 Å². The second-order valence-electron chi connectivity index (χ2n) is 3.09. The second-order valence-corrected chi connectivity index (χ2v) is 3.09. The van der Waals surface area contributed by atoms with Gasteiger partial charge < -0.3 is 10.0 Å². The highest BCUT2D eigenvalue weighted by Gasteiger charge is 2.12. The normalized spacial score (nSPS) is 9.35. The molecule has 0 amide bonds. The number of aromatic nitrogens is 1. The number of carbonyl (C=O) groups is 1. The number of nitrogens with zero attached hydrogens (tertiary/aromatic N) is 3. The van der Waals surface area contributed by atoms with Gasteiger partial charge in [0, 0.05) is 6.07 Å². The van der Waals surface area contributed by atoms with Crippen LogP contribution in [0.3, 0.4) is 0 Å². The predicted octanol–water partition coefficient (Wildman–Crippen LogP) is 0.514. The summed E-state index contributed by atoms with van der Waals surface area (Å²) in [5.41, 5.74) is -0.162. The minimum atomic E-state index is -1.06. The first-order valence-electron chi connectivity index (χ1n) is 4.55. The molecule has 0 aliphatic rings. The number of carboxylic acid groups (broad SMARTS) is 1. The van der Waals surface area contributed by atoms with E-state index in [0.29, 0.717) is 0 Å². The van der Waals surface area contributed by atoms with E-state index in [1.807, 2.05) is 0 Å². The first kappa shape index (κ1) is 12.4. The molecule has 0 atom stereocenters. The van der Waals surface area contributed by atoms with E-state index in [-0.39, 0.29) is 24.6 Å². The number of rotatable bonds is 5. The van der Waals surface area contributed by atoms with Crippen LogP contribution in [-0.2, 0) is 4.79 Å². The molecule has 7 nitrogen and oxygen atoms in total. The Balaban J connectivity index is 2.91. The van der Waals surface area contributed by atoms with Crippen LogP contribution in [0.25, 0.3) is 0 Å². The van der Waals surface area contributed by atoms with E-state index in [1.54, 1.807) is 0 Å². The summed E-state index contributed by atoms with van der Waals surface area (Å²) < 4.78 is 0. The Bertz CT molecular complexity index is 463. The number of hydrogen-bond acceptors (Lipinski definition) is 5. The number of aliphatic carboxylic acids is 1. The molecule has 7 heteroatoms. The van der Waals surface area contributed by atoms with E-state index in [4.69, 9.17) is 11.5 Å². The quantitative estimate of drug-likeness (QED) is 0.454. The molecule has 0 fully saturated rings. The lowest BCUT2D eigenvalue weighted by Crippen LogP contribution is -2.30. The fourth-order valence-corrected chi connectivity index (χ4v) is 1.16. The average Bonchev–Trinajstić information content (AvgIpc) is 2.28. The first-order chi connectivity index (χ1) is 8.04. The third kappa shape index (κ3) is 3.46. The summed E-state index contributed by atoms with van der Waals surface area (Å²) in [5, 5.41) is 19.1. The lowest BCUT2D eigenvalue weighted by molar-refractivity contribution is -0.385. The van der Waals surface area contributed by atoms with Crippen molar-refractivity contribution in [2.45, 2.75) is 0 Å².